The largest absolute Gasteiger partial charge is 0.409 e. The number of aryl methyl sites for hydroxylation is 2. The quantitative estimate of drug-likeness (QED) is 0.367. The number of nitrogens with zero attached hydrogens (tertiary/aromatic N) is 4. The molecule has 1 aromatic rings. The summed E-state index contributed by atoms with van der Waals surface area (Å²) < 4.78 is 1.83. The van der Waals surface area contributed by atoms with E-state index in [2.05, 4.69) is 29.0 Å². The summed E-state index contributed by atoms with van der Waals surface area (Å²) in [5.74, 6) is 1.83. The van der Waals surface area contributed by atoms with Crippen molar-refractivity contribution in [1.82, 2.24) is 9.78 Å². The van der Waals surface area contributed by atoms with Gasteiger partial charge in [0.05, 0.1) is 11.3 Å². The molecule has 1 aromatic heterocycles. The zero-order valence-corrected chi connectivity index (χ0v) is 12.1. The zero-order chi connectivity index (χ0) is 14.2. The monoisotopic (exact) mass is 265 g/mol. The first-order chi connectivity index (χ1) is 8.95. The molecule has 0 radical (unpaired) electrons. The number of hydrogen-bond acceptors (Lipinski definition) is 4. The summed E-state index contributed by atoms with van der Waals surface area (Å²) in [6.07, 6.45) is 2.31. The van der Waals surface area contributed by atoms with E-state index in [1.807, 2.05) is 18.7 Å². The summed E-state index contributed by atoms with van der Waals surface area (Å²) in [5.41, 5.74) is 7.34. The number of aromatic nitrogens is 2. The smallest absolute Gasteiger partial charge is 0.175 e. The average molecular weight is 265 g/mol. The molecule has 0 bridgehead atoms. The second-order valence-electron chi connectivity index (χ2n) is 5.56. The fourth-order valence-corrected chi connectivity index (χ4v) is 3.05. The van der Waals surface area contributed by atoms with Crippen LogP contribution in [0, 0.1) is 12.8 Å². The van der Waals surface area contributed by atoms with Crippen LogP contribution in [0.25, 0.3) is 0 Å². The highest BCUT2D eigenvalue weighted by Gasteiger charge is 2.29. The van der Waals surface area contributed by atoms with Gasteiger partial charge in [0.2, 0.25) is 0 Å². The Balaban J connectivity index is 2.44. The van der Waals surface area contributed by atoms with E-state index >= 15 is 0 Å². The van der Waals surface area contributed by atoms with Crippen molar-refractivity contribution in [2.45, 2.75) is 39.7 Å². The van der Waals surface area contributed by atoms with E-state index in [4.69, 9.17) is 10.9 Å². The Labute approximate surface area is 113 Å². The van der Waals surface area contributed by atoms with Crippen LogP contribution in [0.5, 0.6) is 0 Å². The van der Waals surface area contributed by atoms with E-state index < -0.39 is 0 Å². The summed E-state index contributed by atoms with van der Waals surface area (Å²) >= 11 is 0. The molecule has 0 aromatic carbocycles. The lowest BCUT2D eigenvalue weighted by atomic mass is 9.93. The van der Waals surface area contributed by atoms with Gasteiger partial charge in [-0.15, -0.1) is 0 Å². The molecule has 19 heavy (non-hydrogen) atoms. The second kappa shape index (κ2) is 5.11. The molecule has 6 heteroatoms. The number of hydrogen-bond donors (Lipinski definition) is 2. The van der Waals surface area contributed by atoms with Crippen molar-refractivity contribution >= 4 is 11.7 Å². The molecule has 6 nitrogen and oxygen atoms in total. The van der Waals surface area contributed by atoms with Gasteiger partial charge in [-0.25, -0.2) is 0 Å². The molecule has 1 aliphatic heterocycles. The number of piperidine rings is 1. The van der Waals surface area contributed by atoms with Gasteiger partial charge in [-0.3, -0.25) is 4.68 Å². The highest BCUT2D eigenvalue weighted by Crippen LogP contribution is 2.31. The Morgan fingerprint density at radius 2 is 2.16 bits per heavy atom. The standard InChI is InChI=1S/C13H23N5O/c1-8-5-6-18(9(2)7-8)13-11(12(14)16-19)10(3)15-17(13)4/h8-9,19H,5-7H2,1-4H3,(H2,14,16). The zero-order valence-electron chi connectivity index (χ0n) is 12.1. The molecular weight excluding hydrogens is 242 g/mol. The van der Waals surface area contributed by atoms with E-state index in [0.29, 0.717) is 6.04 Å². The molecular formula is C13H23N5O. The molecule has 2 unspecified atom stereocenters. The lowest BCUT2D eigenvalue weighted by Crippen LogP contribution is -2.42. The molecule has 3 N–H and O–H groups in total. The second-order valence-corrected chi connectivity index (χ2v) is 5.56. The Kier molecular flexibility index (Phi) is 3.68. The van der Waals surface area contributed by atoms with Gasteiger partial charge in [0.1, 0.15) is 5.82 Å². The minimum Gasteiger partial charge on any atom is -0.409 e. The van der Waals surface area contributed by atoms with Crippen molar-refractivity contribution in [1.29, 1.82) is 0 Å². The van der Waals surface area contributed by atoms with Crippen molar-refractivity contribution in [3.8, 4) is 0 Å². The predicted octanol–water partition coefficient (Wildman–Crippen LogP) is 1.45. The summed E-state index contributed by atoms with van der Waals surface area (Å²) in [6.45, 7) is 7.36. The first-order valence-corrected chi connectivity index (χ1v) is 6.73. The molecule has 0 aliphatic carbocycles. The maximum Gasteiger partial charge on any atom is 0.175 e. The number of anilines is 1. The minimum atomic E-state index is 0.131. The van der Waals surface area contributed by atoms with E-state index in [1.165, 1.54) is 0 Å². The van der Waals surface area contributed by atoms with Gasteiger partial charge in [-0.1, -0.05) is 12.1 Å². The number of oxime groups is 1. The molecule has 0 spiro atoms. The maximum absolute atomic E-state index is 8.96. The highest BCUT2D eigenvalue weighted by molar-refractivity contribution is 6.02. The minimum absolute atomic E-state index is 0.131. The Morgan fingerprint density at radius 3 is 2.74 bits per heavy atom. The third-order valence-corrected chi connectivity index (χ3v) is 3.97. The first kappa shape index (κ1) is 13.7. The SMILES string of the molecule is Cc1nn(C)c(N2CCC(C)CC2C)c1C(N)=NO. The maximum atomic E-state index is 8.96. The number of rotatable bonds is 2. The molecule has 1 saturated heterocycles. The van der Waals surface area contributed by atoms with Crippen LogP contribution < -0.4 is 10.6 Å². The molecule has 0 amide bonds. The topological polar surface area (TPSA) is 79.7 Å². The van der Waals surface area contributed by atoms with E-state index in [9.17, 15) is 0 Å². The van der Waals surface area contributed by atoms with Crippen LogP contribution in [0.2, 0.25) is 0 Å². The van der Waals surface area contributed by atoms with Crippen LogP contribution in [0.15, 0.2) is 5.16 Å². The van der Waals surface area contributed by atoms with Gasteiger partial charge in [0.15, 0.2) is 5.84 Å². The summed E-state index contributed by atoms with van der Waals surface area (Å²) in [4.78, 5) is 2.31. The normalized spacial score (nSPS) is 24.8. The molecule has 0 saturated carbocycles. The van der Waals surface area contributed by atoms with Gasteiger partial charge in [-0.2, -0.15) is 5.10 Å². The van der Waals surface area contributed by atoms with Gasteiger partial charge in [-0.05, 0) is 32.6 Å². The third kappa shape index (κ3) is 2.39. The molecule has 2 rings (SSSR count). The van der Waals surface area contributed by atoms with Gasteiger partial charge < -0.3 is 15.8 Å². The van der Waals surface area contributed by atoms with Crippen molar-refractivity contribution in [3.05, 3.63) is 11.3 Å². The van der Waals surface area contributed by atoms with Crippen LogP contribution in [0.3, 0.4) is 0 Å². The van der Waals surface area contributed by atoms with Gasteiger partial charge >= 0.3 is 0 Å². The number of nitrogens with two attached hydrogens (primary N) is 1. The first-order valence-electron chi connectivity index (χ1n) is 6.73. The third-order valence-electron chi connectivity index (χ3n) is 3.97. The van der Waals surface area contributed by atoms with Crippen molar-refractivity contribution in [3.63, 3.8) is 0 Å². The number of amidine groups is 1. The molecule has 2 heterocycles. The Hall–Kier alpha value is -1.72. The molecule has 1 aliphatic rings. The Bertz CT molecular complexity index is 493. The lowest BCUT2D eigenvalue weighted by Gasteiger charge is -2.38. The molecule has 106 valence electrons. The fourth-order valence-electron chi connectivity index (χ4n) is 3.05. The summed E-state index contributed by atoms with van der Waals surface area (Å²) in [5, 5.41) is 16.5. The van der Waals surface area contributed by atoms with E-state index in [1.54, 1.807) is 0 Å². The van der Waals surface area contributed by atoms with E-state index in [0.717, 1.165) is 42.4 Å². The van der Waals surface area contributed by atoms with Crippen molar-refractivity contribution in [2.75, 3.05) is 11.4 Å². The predicted molar refractivity (Wildman–Crippen MR) is 75.7 cm³/mol. The molecule has 2 atom stereocenters. The molecule has 1 fully saturated rings. The van der Waals surface area contributed by atoms with Crippen LogP contribution in [0.1, 0.15) is 37.9 Å². The summed E-state index contributed by atoms with van der Waals surface area (Å²) in [7, 11) is 1.90. The van der Waals surface area contributed by atoms with Crippen molar-refractivity contribution in [2.24, 2.45) is 23.9 Å². The average Bonchev–Trinajstić information content (AvgIpc) is 2.63. The van der Waals surface area contributed by atoms with Crippen LogP contribution in [0.4, 0.5) is 5.82 Å². The van der Waals surface area contributed by atoms with Crippen LogP contribution >= 0.6 is 0 Å². The fraction of sp³-hybridized carbons (Fsp3) is 0.692. The van der Waals surface area contributed by atoms with Gasteiger partial charge in [0.25, 0.3) is 0 Å². The lowest BCUT2D eigenvalue weighted by molar-refractivity contribution is 0.318. The highest BCUT2D eigenvalue weighted by atomic mass is 16.4. The van der Waals surface area contributed by atoms with Crippen LogP contribution in [-0.2, 0) is 7.05 Å². The van der Waals surface area contributed by atoms with Crippen LogP contribution in [-0.4, -0.2) is 33.4 Å². The summed E-state index contributed by atoms with van der Waals surface area (Å²) in [6, 6.07) is 0.434. The van der Waals surface area contributed by atoms with E-state index in [-0.39, 0.29) is 5.84 Å². The van der Waals surface area contributed by atoms with Gasteiger partial charge in [0, 0.05) is 19.6 Å². The Morgan fingerprint density at radius 1 is 1.47 bits per heavy atom. The van der Waals surface area contributed by atoms with Crippen molar-refractivity contribution < 1.29 is 5.21 Å².